The monoisotopic (exact) mass is 414 g/mol. The summed E-state index contributed by atoms with van der Waals surface area (Å²) in [6.07, 6.45) is 2.72. The van der Waals surface area contributed by atoms with E-state index in [2.05, 4.69) is 44.2 Å². The summed E-state index contributed by atoms with van der Waals surface area (Å²) in [7, 11) is 0. The molecule has 0 radical (unpaired) electrons. The van der Waals surface area contributed by atoms with E-state index in [1.54, 1.807) is 17.5 Å². The molecule has 0 atom stereocenters. The van der Waals surface area contributed by atoms with Crippen LogP contribution in [0.3, 0.4) is 0 Å². The Labute approximate surface area is 176 Å². The number of thiophene rings is 1. The molecule has 0 spiro atoms. The first-order chi connectivity index (χ1) is 13.8. The Bertz CT molecular complexity index is 1000. The van der Waals surface area contributed by atoms with Crippen molar-refractivity contribution in [2.24, 2.45) is 0 Å². The molecule has 1 amide bonds. The van der Waals surface area contributed by atoms with Crippen molar-refractivity contribution >= 4 is 28.3 Å². The predicted molar refractivity (Wildman–Crippen MR) is 119 cm³/mol. The molecule has 0 saturated carbocycles. The Morgan fingerprint density at radius 3 is 2.62 bits per heavy atom. The summed E-state index contributed by atoms with van der Waals surface area (Å²) >= 11 is 1.74. The molecule has 0 unspecified atom stereocenters. The lowest BCUT2D eigenvalue weighted by molar-refractivity contribution is 0.0757. The van der Waals surface area contributed by atoms with Gasteiger partial charge >= 0.3 is 0 Å². The Hall–Kier alpha value is -2.25. The van der Waals surface area contributed by atoms with Gasteiger partial charge in [0, 0.05) is 34.5 Å². The molecule has 3 heterocycles. The number of rotatable bonds is 8. The van der Waals surface area contributed by atoms with Crippen LogP contribution in [0.2, 0.25) is 0 Å². The van der Waals surface area contributed by atoms with E-state index in [0.29, 0.717) is 18.7 Å². The molecule has 0 aliphatic heterocycles. The topological polar surface area (TPSA) is 69.0 Å². The standard InChI is InChI=1S/C22H30N4O2S/c1-13(2)26-21-19(12-24-26)18(22(27)23-8-7-9-28-14(3)4)11-20(25-21)17-10-15(5)29-16(17)6/h10-14H,7-9H2,1-6H3,(H,23,27). The first kappa shape index (κ1) is 21.5. The fourth-order valence-corrected chi connectivity index (χ4v) is 4.23. The maximum absolute atomic E-state index is 13.0. The Morgan fingerprint density at radius 2 is 2.00 bits per heavy atom. The number of nitrogens with one attached hydrogen (secondary N) is 1. The van der Waals surface area contributed by atoms with E-state index in [4.69, 9.17) is 9.72 Å². The highest BCUT2D eigenvalue weighted by Gasteiger charge is 2.19. The number of pyridine rings is 1. The fourth-order valence-electron chi connectivity index (χ4n) is 3.30. The molecular weight excluding hydrogens is 384 g/mol. The molecule has 3 aromatic heterocycles. The zero-order chi connectivity index (χ0) is 21.1. The van der Waals surface area contributed by atoms with Crippen LogP contribution < -0.4 is 5.32 Å². The van der Waals surface area contributed by atoms with Gasteiger partial charge in [0.05, 0.1) is 28.9 Å². The lowest BCUT2D eigenvalue weighted by Crippen LogP contribution is -2.26. The molecule has 3 aromatic rings. The summed E-state index contributed by atoms with van der Waals surface area (Å²) in [6.45, 7) is 13.5. The van der Waals surface area contributed by atoms with Gasteiger partial charge in [-0.05, 0) is 60.1 Å². The second kappa shape index (κ2) is 9.05. The van der Waals surface area contributed by atoms with Crippen LogP contribution >= 0.6 is 11.3 Å². The van der Waals surface area contributed by atoms with Crippen molar-refractivity contribution in [1.29, 1.82) is 0 Å². The Kier molecular flexibility index (Phi) is 6.70. The molecule has 0 saturated heterocycles. The summed E-state index contributed by atoms with van der Waals surface area (Å²) in [5.74, 6) is -0.101. The molecule has 0 aliphatic carbocycles. The maximum Gasteiger partial charge on any atom is 0.252 e. The van der Waals surface area contributed by atoms with Gasteiger partial charge in [0.2, 0.25) is 0 Å². The average molecular weight is 415 g/mol. The molecule has 0 fully saturated rings. The van der Waals surface area contributed by atoms with Crippen LogP contribution in [-0.4, -0.2) is 39.9 Å². The minimum atomic E-state index is -0.101. The van der Waals surface area contributed by atoms with Gasteiger partial charge in [-0.1, -0.05) is 0 Å². The lowest BCUT2D eigenvalue weighted by Gasteiger charge is -2.11. The van der Waals surface area contributed by atoms with E-state index in [0.717, 1.165) is 28.7 Å². The smallest absolute Gasteiger partial charge is 0.252 e. The van der Waals surface area contributed by atoms with Gasteiger partial charge < -0.3 is 10.1 Å². The highest BCUT2D eigenvalue weighted by Crippen LogP contribution is 2.32. The molecule has 0 aromatic carbocycles. The van der Waals surface area contributed by atoms with Crippen molar-refractivity contribution in [3.8, 4) is 11.3 Å². The highest BCUT2D eigenvalue weighted by molar-refractivity contribution is 7.12. The molecule has 6 nitrogen and oxygen atoms in total. The van der Waals surface area contributed by atoms with Crippen molar-refractivity contribution in [2.45, 2.75) is 60.1 Å². The zero-order valence-corrected chi connectivity index (χ0v) is 18.9. The van der Waals surface area contributed by atoms with E-state index < -0.39 is 0 Å². The molecule has 0 aliphatic rings. The van der Waals surface area contributed by atoms with E-state index in [1.807, 2.05) is 24.6 Å². The quantitative estimate of drug-likeness (QED) is 0.532. The Balaban J connectivity index is 1.95. The van der Waals surface area contributed by atoms with Crippen LogP contribution in [0.5, 0.6) is 0 Å². The number of amides is 1. The summed E-state index contributed by atoms with van der Waals surface area (Å²) in [4.78, 5) is 20.3. The van der Waals surface area contributed by atoms with Crippen LogP contribution in [-0.2, 0) is 4.74 Å². The number of aryl methyl sites for hydroxylation is 2. The lowest BCUT2D eigenvalue weighted by atomic mass is 10.1. The van der Waals surface area contributed by atoms with Crippen LogP contribution in [0.15, 0.2) is 18.3 Å². The molecule has 3 rings (SSSR count). The second-order valence-electron chi connectivity index (χ2n) is 7.83. The van der Waals surface area contributed by atoms with Gasteiger partial charge in [-0.3, -0.25) is 4.79 Å². The summed E-state index contributed by atoms with van der Waals surface area (Å²) < 4.78 is 7.42. The van der Waals surface area contributed by atoms with E-state index in [9.17, 15) is 4.79 Å². The number of nitrogens with zero attached hydrogens (tertiary/aromatic N) is 3. The SMILES string of the molecule is Cc1cc(-c2cc(C(=O)NCCCOC(C)C)c3cnn(C(C)C)c3n2)c(C)s1. The van der Waals surface area contributed by atoms with E-state index >= 15 is 0 Å². The number of fused-ring (bicyclic) bond motifs is 1. The third kappa shape index (κ3) is 4.85. The van der Waals surface area contributed by atoms with Crippen molar-refractivity contribution in [2.75, 3.05) is 13.2 Å². The van der Waals surface area contributed by atoms with Crippen LogP contribution in [0, 0.1) is 13.8 Å². The number of hydrogen-bond acceptors (Lipinski definition) is 5. The van der Waals surface area contributed by atoms with Crippen molar-refractivity contribution in [3.05, 3.63) is 33.6 Å². The highest BCUT2D eigenvalue weighted by atomic mass is 32.1. The molecule has 1 N–H and O–H groups in total. The average Bonchev–Trinajstić information content (AvgIpc) is 3.22. The largest absolute Gasteiger partial charge is 0.379 e. The van der Waals surface area contributed by atoms with Crippen LogP contribution in [0.25, 0.3) is 22.3 Å². The van der Waals surface area contributed by atoms with Gasteiger partial charge in [-0.15, -0.1) is 11.3 Å². The number of carbonyl (C=O) groups is 1. The summed E-state index contributed by atoms with van der Waals surface area (Å²) in [6, 6.07) is 4.18. The van der Waals surface area contributed by atoms with Gasteiger partial charge in [-0.25, -0.2) is 9.67 Å². The third-order valence-corrected chi connectivity index (χ3v) is 5.64. The second-order valence-corrected chi connectivity index (χ2v) is 9.29. The molecule has 156 valence electrons. The summed E-state index contributed by atoms with van der Waals surface area (Å²) in [5.41, 5.74) is 3.25. The van der Waals surface area contributed by atoms with Crippen molar-refractivity contribution in [1.82, 2.24) is 20.1 Å². The number of hydrogen-bond donors (Lipinski definition) is 1. The van der Waals surface area contributed by atoms with Crippen molar-refractivity contribution < 1.29 is 9.53 Å². The van der Waals surface area contributed by atoms with Crippen molar-refractivity contribution in [3.63, 3.8) is 0 Å². The molecule has 7 heteroatoms. The summed E-state index contributed by atoms with van der Waals surface area (Å²) in [5, 5.41) is 8.29. The molecule has 0 bridgehead atoms. The number of aromatic nitrogens is 3. The maximum atomic E-state index is 13.0. The zero-order valence-electron chi connectivity index (χ0n) is 18.1. The number of ether oxygens (including phenoxy) is 1. The van der Waals surface area contributed by atoms with E-state index in [-0.39, 0.29) is 18.1 Å². The third-order valence-electron chi connectivity index (χ3n) is 4.68. The number of carbonyl (C=O) groups excluding carboxylic acids is 1. The minimum Gasteiger partial charge on any atom is -0.379 e. The van der Waals surface area contributed by atoms with Gasteiger partial charge in [0.15, 0.2) is 5.65 Å². The fraction of sp³-hybridized carbons (Fsp3) is 0.500. The first-order valence-electron chi connectivity index (χ1n) is 10.1. The first-order valence-corrected chi connectivity index (χ1v) is 10.9. The van der Waals surface area contributed by atoms with Gasteiger partial charge in [0.1, 0.15) is 0 Å². The van der Waals surface area contributed by atoms with E-state index in [1.165, 1.54) is 9.75 Å². The minimum absolute atomic E-state index is 0.101. The Morgan fingerprint density at radius 1 is 1.24 bits per heavy atom. The van der Waals surface area contributed by atoms with Crippen LogP contribution in [0.4, 0.5) is 0 Å². The normalized spacial score (nSPS) is 11.7. The van der Waals surface area contributed by atoms with Crippen LogP contribution in [0.1, 0.15) is 60.3 Å². The predicted octanol–water partition coefficient (Wildman–Crippen LogP) is 4.90. The molecule has 29 heavy (non-hydrogen) atoms. The van der Waals surface area contributed by atoms with Gasteiger partial charge in [0.25, 0.3) is 5.91 Å². The van der Waals surface area contributed by atoms with Gasteiger partial charge in [-0.2, -0.15) is 5.10 Å². The molecular formula is C22H30N4O2S.